The topological polar surface area (TPSA) is 30.5 Å². The van der Waals surface area contributed by atoms with E-state index in [1.807, 2.05) is 6.07 Å². The molecule has 1 aliphatic heterocycles. The molecule has 88 valence electrons. The van der Waals surface area contributed by atoms with Gasteiger partial charge in [0.2, 0.25) is 0 Å². The van der Waals surface area contributed by atoms with Crippen molar-refractivity contribution in [2.24, 2.45) is 0 Å². The Labute approximate surface area is 96.8 Å². The predicted molar refractivity (Wildman–Crippen MR) is 65.2 cm³/mol. The molecule has 1 fully saturated rings. The second-order valence-corrected chi connectivity index (χ2v) is 4.30. The number of hydrogen-bond acceptors (Lipinski definition) is 3. The van der Waals surface area contributed by atoms with E-state index in [1.165, 1.54) is 0 Å². The lowest BCUT2D eigenvalue weighted by Crippen LogP contribution is -2.26. The molecule has 0 radical (unpaired) electrons. The number of benzene rings is 1. The molecule has 3 heteroatoms. The van der Waals surface area contributed by atoms with Gasteiger partial charge in [-0.25, -0.2) is 0 Å². The Balaban J connectivity index is 2.07. The van der Waals surface area contributed by atoms with Crippen LogP contribution < -0.4 is 10.1 Å². The summed E-state index contributed by atoms with van der Waals surface area (Å²) in [7, 11) is 1.70. The Bertz CT molecular complexity index is 365. The molecule has 0 aromatic heterocycles. The Morgan fingerprint density at radius 3 is 2.81 bits per heavy atom. The molecule has 1 aromatic carbocycles. The Morgan fingerprint density at radius 1 is 1.44 bits per heavy atom. The van der Waals surface area contributed by atoms with Crippen molar-refractivity contribution >= 4 is 5.69 Å². The van der Waals surface area contributed by atoms with Crippen molar-refractivity contribution in [3.8, 4) is 5.75 Å². The van der Waals surface area contributed by atoms with Gasteiger partial charge in [-0.1, -0.05) is 0 Å². The minimum Gasteiger partial charge on any atom is -0.496 e. The van der Waals surface area contributed by atoms with Crippen LogP contribution in [0.4, 0.5) is 5.69 Å². The minimum absolute atomic E-state index is 0.294. The van der Waals surface area contributed by atoms with Crippen LogP contribution in [0.3, 0.4) is 0 Å². The van der Waals surface area contributed by atoms with Gasteiger partial charge in [0.1, 0.15) is 5.75 Å². The first-order valence-corrected chi connectivity index (χ1v) is 5.73. The van der Waals surface area contributed by atoms with E-state index in [1.54, 1.807) is 7.11 Å². The minimum atomic E-state index is 0.294. The quantitative estimate of drug-likeness (QED) is 0.851. The molecule has 0 amide bonds. The lowest BCUT2D eigenvalue weighted by atomic mass is 10.1. The molecule has 2 rings (SSSR count). The average molecular weight is 221 g/mol. The van der Waals surface area contributed by atoms with E-state index >= 15 is 0 Å². The summed E-state index contributed by atoms with van der Waals surface area (Å²) in [6.45, 7) is 5.02. The molecule has 1 N–H and O–H groups in total. The molecule has 1 saturated heterocycles. The zero-order valence-corrected chi connectivity index (χ0v) is 10.1. The average Bonchev–Trinajstić information content (AvgIpc) is 2.65. The molecule has 0 spiro atoms. The number of ether oxygens (including phenoxy) is 2. The van der Waals surface area contributed by atoms with Crippen LogP contribution in [0.1, 0.15) is 18.9 Å². The predicted octanol–water partition coefficient (Wildman–Crippen LogP) is 2.59. The fourth-order valence-corrected chi connectivity index (χ4v) is 2.10. The van der Waals surface area contributed by atoms with E-state index in [0.29, 0.717) is 12.1 Å². The maximum atomic E-state index is 5.53. The maximum Gasteiger partial charge on any atom is 0.121 e. The summed E-state index contributed by atoms with van der Waals surface area (Å²) >= 11 is 0. The van der Waals surface area contributed by atoms with E-state index in [0.717, 1.165) is 30.0 Å². The Hall–Kier alpha value is -1.22. The van der Waals surface area contributed by atoms with E-state index in [9.17, 15) is 0 Å². The molecular weight excluding hydrogens is 202 g/mol. The Kier molecular flexibility index (Phi) is 3.34. The lowest BCUT2D eigenvalue weighted by molar-refractivity contribution is 0.121. The second-order valence-electron chi connectivity index (χ2n) is 4.30. The summed E-state index contributed by atoms with van der Waals surface area (Å²) in [4.78, 5) is 0. The van der Waals surface area contributed by atoms with Crippen molar-refractivity contribution in [1.29, 1.82) is 0 Å². The van der Waals surface area contributed by atoms with Crippen molar-refractivity contribution in [2.75, 3.05) is 19.0 Å². The van der Waals surface area contributed by atoms with Crippen molar-refractivity contribution in [2.45, 2.75) is 32.4 Å². The van der Waals surface area contributed by atoms with Gasteiger partial charge >= 0.3 is 0 Å². The fraction of sp³-hybridized carbons (Fsp3) is 0.538. The molecule has 1 heterocycles. The molecule has 2 atom stereocenters. The molecule has 1 aliphatic rings. The highest BCUT2D eigenvalue weighted by molar-refractivity contribution is 5.51. The van der Waals surface area contributed by atoms with E-state index in [-0.39, 0.29) is 0 Å². The van der Waals surface area contributed by atoms with E-state index in [2.05, 4.69) is 31.3 Å². The van der Waals surface area contributed by atoms with Gasteiger partial charge in [0.05, 0.1) is 19.3 Å². The number of anilines is 1. The molecule has 0 saturated carbocycles. The monoisotopic (exact) mass is 221 g/mol. The normalized spacial score (nSPS) is 24.4. The van der Waals surface area contributed by atoms with Crippen LogP contribution in [0.25, 0.3) is 0 Å². The smallest absolute Gasteiger partial charge is 0.121 e. The van der Waals surface area contributed by atoms with Gasteiger partial charge in [0.15, 0.2) is 0 Å². The van der Waals surface area contributed by atoms with Crippen molar-refractivity contribution < 1.29 is 9.47 Å². The van der Waals surface area contributed by atoms with Crippen LogP contribution in [0, 0.1) is 6.92 Å². The molecule has 2 unspecified atom stereocenters. The summed E-state index contributed by atoms with van der Waals surface area (Å²) in [5.41, 5.74) is 2.29. The molecule has 1 aromatic rings. The fourth-order valence-electron chi connectivity index (χ4n) is 2.10. The first-order chi connectivity index (χ1) is 7.70. The zero-order valence-electron chi connectivity index (χ0n) is 10.1. The number of methoxy groups -OCH3 is 1. The molecule has 16 heavy (non-hydrogen) atoms. The molecule has 3 nitrogen and oxygen atoms in total. The Morgan fingerprint density at radius 2 is 2.25 bits per heavy atom. The van der Waals surface area contributed by atoms with Gasteiger partial charge in [-0.15, -0.1) is 0 Å². The SMILES string of the molecule is COc1ccc(NC2CCOC2C)cc1C. The van der Waals surface area contributed by atoms with Crippen LogP contribution in [0.15, 0.2) is 18.2 Å². The van der Waals surface area contributed by atoms with Crippen molar-refractivity contribution in [1.82, 2.24) is 0 Å². The summed E-state index contributed by atoms with van der Waals surface area (Å²) in [6.07, 6.45) is 1.37. The van der Waals surface area contributed by atoms with E-state index < -0.39 is 0 Å². The largest absolute Gasteiger partial charge is 0.496 e. The first kappa shape index (κ1) is 11.3. The van der Waals surface area contributed by atoms with Gasteiger partial charge in [0, 0.05) is 12.3 Å². The van der Waals surface area contributed by atoms with Gasteiger partial charge in [-0.05, 0) is 44.0 Å². The van der Waals surface area contributed by atoms with Crippen molar-refractivity contribution in [3.63, 3.8) is 0 Å². The highest BCUT2D eigenvalue weighted by Gasteiger charge is 2.23. The van der Waals surface area contributed by atoms with Crippen LogP contribution in [0.2, 0.25) is 0 Å². The summed E-state index contributed by atoms with van der Waals surface area (Å²) < 4.78 is 10.8. The van der Waals surface area contributed by atoms with Crippen molar-refractivity contribution in [3.05, 3.63) is 23.8 Å². The van der Waals surface area contributed by atoms with Crippen LogP contribution in [-0.2, 0) is 4.74 Å². The third kappa shape index (κ3) is 2.30. The number of nitrogens with one attached hydrogen (secondary N) is 1. The maximum absolute atomic E-state index is 5.53. The number of rotatable bonds is 3. The zero-order chi connectivity index (χ0) is 11.5. The third-order valence-electron chi connectivity index (χ3n) is 3.12. The molecular formula is C13H19NO2. The standard InChI is InChI=1S/C13H19NO2/c1-9-8-11(4-5-13(9)15-3)14-12-6-7-16-10(12)2/h4-5,8,10,12,14H,6-7H2,1-3H3. The highest BCUT2D eigenvalue weighted by atomic mass is 16.5. The summed E-state index contributed by atoms with van der Waals surface area (Å²) in [5, 5.41) is 3.50. The number of hydrogen-bond donors (Lipinski definition) is 1. The summed E-state index contributed by atoms with van der Waals surface area (Å²) in [5.74, 6) is 0.932. The van der Waals surface area contributed by atoms with Gasteiger partial charge < -0.3 is 14.8 Å². The van der Waals surface area contributed by atoms with Crippen LogP contribution >= 0.6 is 0 Å². The third-order valence-corrected chi connectivity index (χ3v) is 3.12. The van der Waals surface area contributed by atoms with Gasteiger partial charge in [-0.2, -0.15) is 0 Å². The number of aryl methyl sites for hydroxylation is 1. The lowest BCUT2D eigenvalue weighted by Gasteiger charge is -2.18. The molecule has 0 aliphatic carbocycles. The van der Waals surface area contributed by atoms with Gasteiger partial charge in [0.25, 0.3) is 0 Å². The van der Waals surface area contributed by atoms with Crippen LogP contribution in [-0.4, -0.2) is 25.9 Å². The molecule has 0 bridgehead atoms. The highest BCUT2D eigenvalue weighted by Crippen LogP contribution is 2.24. The first-order valence-electron chi connectivity index (χ1n) is 5.73. The second kappa shape index (κ2) is 4.74. The van der Waals surface area contributed by atoms with Crippen LogP contribution in [0.5, 0.6) is 5.75 Å². The van der Waals surface area contributed by atoms with E-state index in [4.69, 9.17) is 9.47 Å². The summed E-state index contributed by atoms with van der Waals surface area (Å²) in [6, 6.07) is 6.59. The van der Waals surface area contributed by atoms with Gasteiger partial charge in [-0.3, -0.25) is 0 Å².